The normalized spacial score (nSPS) is 18.6. The Hall–Kier alpha value is -3.44. The highest BCUT2D eigenvalue weighted by Crippen LogP contribution is 2.32. The second-order valence-electron chi connectivity index (χ2n) is 9.47. The van der Waals surface area contributed by atoms with Gasteiger partial charge in [0.15, 0.2) is 5.82 Å². The Morgan fingerprint density at radius 1 is 1.31 bits per heavy atom. The summed E-state index contributed by atoms with van der Waals surface area (Å²) in [7, 11) is 0. The number of hydrogen-bond donors (Lipinski definition) is 1. The summed E-state index contributed by atoms with van der Waals surface area (Å²) in [6, 6.07) is 7.53. The van der Waals surface area contributed by atoms with Crippen molar-refractivity contribution in [1.29, 1.82) is 0 Å². The summed E-state index contributed by atoms with van der Waals surface area (Å²) in [5, 5.41) is 3.57. The van der Waals surface area contributed by atoms with Crippen LogP contribution in [-0.4, -0.2) is 51.0 Å². The number of hydrogen-bond acceptors (Lipinski definition) is 7. The van der Waals surface area contributed by atoms with E-state index in [9.17, 15) is 18.8 Å². The van der Waals surface area contributed by atoms with Crippen molar-refractivity contribution in [2.24, 2.45) is 5.92 Å². The molecular weight excluding hydrogens is 495 g/mol. The zero-order chi connectivity index (χ0) is 26.0. The van der Waals surface area contributed by atoms with Crippen molar-refractivity contribution in [3.05, 3.63) is 73.8 Å². The number of aromatic amines is 1. The Labute approximate surface area is 210 Å². The predicted octanol–water partition coefficient (Wildman–Crippen LogP) is 3.61. The van der Waals surface area contributed by atoms with Crippen molar-refractivity contribution < 1.29 is 23.2 Å². The number of benzene rings is 1. The van der Waals surface area contributed by atoms with Crippen LogP contribution in [-0.2, 0) is 16.0 Å². The average Bonchev–Trinajstić information content (AvgIpc) is 3.11. The van der Waals surface area contributed by atoms with Crippen LogP contribution in [0.1, 0.15) is 32.4 Å². The summed E-state index contributed by atoms with van der Waals surface area (Å²) in [5.74, 6) is -1.85. The number of halogens is 2. The molecular formula is C24H26ClFN4O6. The molecule has 10 nitrogen and oxygen atoms in total. The van der Waals surface area contributed by atoms with Gasteiger partial charge in [0, 0.05) is 31.7 Å². The van der Waals surface area contributed by atoms with Crippen molar-refractivity contribution in [3.8, 4) is 11.4 Å². The van der Waals surface area contributed by atoms with Gasteiger partial charge in [-0.15, -0.1) is 0 Å². The summed E-state index contributed by atoms with van der Waals surface area (Å²) < 4.78 is 31.9. The van der Waals surface area contributed by atoms with Crippen LogP contribution in [0, 0.1) is 11.7 Å². The van der Waals surface area contributed by atoms with E-state index in [1.54, 1.807) is 39.1 Å². The molecule has 3 heterocycles. The maximum atomic E-state index is 14.3. The fourth-order valence-corrected chi connectivity index (χ4v) is 4.18. The van der Waals surface area contributed by atoms with Crippen LogP contribution in [0.25, 0.3) is 11.4 Å². The zero-order valence-electron chi connectivity index (χ0n) is 20.0. The van der Waals surface area contributed by atoms with E-state index in [1.165, 1.54) is 27.7 Å². The van der Waals surface area contributed by atoms with E-state index >= 15 is 0 Å². The van der Waals surface area contributed by atoms with Crippen molar-refractivity contribution in [3.63, 3.8) is 0 Å². The van der Waals surface area contributed by atoms with Crippen LogP contribution in [0.4, 0.5) is 9.18 Å². The van der Waals surface area contributed by atoms with Gasteiger partial charge in [0.1, 0.15) is 11.4 Å². The summed E-state index contributed by atoms with van der Waals surface area (Å²) in [6.07, 6.45) is 0.415. The summed E-state index contributed by atoms with van der Waals surface area (Å²) in [4.78, 5) is 41.3. The molecule has 0 unspecified atom stereocenters. The third-order valence-electron chi connectivity index (χ3n) is 5.61. The Kier molecular flexibility index (Phi) is 7.32. The van der Waals surface area contributed by atoms with Gasteiger partial charge in [-0.25, -0.2) is 14.0 Å². The number of carbonyl (C=O) groups excluding carboxylic acids is 1. The van der Waals surface area contributed by atoms with E-state index in [0.29, 0.717) is 5.56 Å². The summed E-state index contributed by atoms with van der Waals surface area (Å²) >= 11 is 5.87. The van der Waals surface area contributed by atoms with Crippen LogP contribution in [0.15, 0.2) is 50.6 Å². The van der Waals surface area contributed by atoms with Gasteiger partial charge in [-0.05, 0) is 50.6 Å². The lowest BCUT2D eigenvalue weighted by Crippen LogP contribution is -2.41. The van der Waals surface area contributed by atoms with E-state index in [-0.39, 0.29) is 42.7 Å². The van der Waals surface area contributed by atoms with Gasteiger partial charge in [0.25, 0.3) is 5.56 Å². The van der Waals surface area contributed by atoms with Crippen LogP contribution in [0.3, 0.4) is 0 Å². The molecule has 0 spiro atoms. The lowest BCUT2D eigenvalue weighted by molar-refractivity contribution is 0.0231. The second-order valence-corrected chi connectivity index (χ2v) is 9.88. The van der Waals surface area contributed by atoms with Crippen LogP contribution >= 0.6 is 11.6 Å². The molecule has 2 aromatic heterocycles. The number of pyridine rings is 1. The first-order valence-electron chi connectivity index (χ1n) is 11.3. The highest BCUT2D eigenvalue weighted by Gasteiger charge is 2.34. The molecule has 1 saturated heterocycles. The van der Waals surface area contributed by atoms with Crippen LogP contribution in [0.2, 0.25) is 5.02 Å². The van der Waals surface area contributed by atoms with Gasteiger partial charge in [-0.1, -0.05) is 22.8 Å². The molecule has 1 aliphatic heterocycles. The maximum Gasteiger partial charge on any atom is 0.439 e. The molecule has 0 radical (unpaired) electrons. The SMILES string of the molecule is CC(C)(C)OC(=O)N1CCO[C@@H](c2ccc(Cl)c(F)c2)[C@H](Cn2cccc(-c3noc(=O)[nH]3)c2=O)C1. The van der Waals surface area contributed by atoms with E-state index < -0.39 is 40.8 Å². The van der Waals surface area contributed by atoms with E-state index in [1.807, 2.05) is 0 Å². The fourth-order valence-electron chi connectivity index (χ4n) is 4.06. The van der Waals surface area contributed by atoms with E-state index in [4.69, 9.17) is 21.1 Å². The molecule has 0 aliphatic carbocycles. The first-order chi connectivity index (χ1) is 17.0. The van der Waals surface area contributed by atoms with Crippen molar-refractivity contribution in [2.75, 3.05) is 19.7 Å². The number of carbonyl (C=O) groups is 1. The van der Waals surface area contributed by atoms with Gasteiger partial charge < -0.3 is 18.9 Å². The third kappa shape index (κ3) is 5.85. The Morgan fingerprint density at radius 2 is 2.08 bits per heavy atom. The molecule has 3 aromatic rings. The number of H-pyrrole nitrogens is 1. The molecule has 1 N–H and O–H groups in total. The molecule has 4 rings (SSSR count). The van der Waals surface area contributed by atoms with Crippen LogP contribution in [0.5, 0.6) is 0 Å². The van der Waals surface area contributed by atoms with Gasteiger partial charge in [-0.2, -0.15) is 0 Å². The first-order valence-corrected chi connectivity index (χ1v) is 11.7. The highest BCUT2D eigenvalue weighted by atomic mass is 35.5. The average molecular weight is 521 g/mol. The molecule has 1 aliphatic rings. The minimum atomic E-state index is -0.783. The number of aromatic nitrogens is 3. The van der Waals surface area contributed by atoms with Gasteiger partial charge in [0.2, 0.25) is 0 Å². The number of rotatable bonds is 4. The molecule has 192 valence electrons. The summed E-state index contributed by atoms with van der Waals surface area (Å²) in [5.41, 5.74) is -0.469. The quantitative estimate of drug-likeness (QED) is 0.558. The standard InChI is InChI=1S/C24H26ClFN4O6/c1-24(2,3)35-23(33)30-9-10-34-19(14-6-7-17(25)18(26)11-14)15(13-30)12-29-8-4-5-16(21(29)31)20-27-22(32)36-28-20/h4-8,11,15,19H,9-10,12-13H2,1-3H3,(H,27,28,32)/t15-,19+/m1/s1. The molecule has 0 bridgehead atoms. The van der Waals surface area contributed by atoms with Gasteiger partial charge in [0.05, 0.1) is 23.3 Å². The minimum Gasteiger partial charge on any atom is -0.444 e. The molecule has 1 aromatic carbocycles. The van der Waals surface area contributed by atoms with Gasteiger partial charge in [-0.3, -0.25) is 14.3 Å². The number of nitrogens with one attached hydrogen (secondary N) is 1. The molecule has 1 fully saturated rings. The molecule has 2 atom stereocenters. The molecule has 0 saturated carbocycles. The Balaban J connectivity index is 1.70. The van der Waals surface area contributed by atoms with Crippen molar-refractivity contribution >= 4 is 17.7 Å². The van der Waals surface area contributed by atoms with Gasteiger partial charge >= 0.3 is 11.8 Å². The third-order valence-corrected chi connectivity index (χ3v) is 5.92. The zero-order valence-corrected chi connectivity index (χ0v) is 20.8. The number of ether oxygens (including phenoxy) is 2. The monoisotopic (exact) mass is 520 g/mol. The minimum absolute atomic E-state index is 0.00294. The Morgan fingerprint density at radius 3 is 2.75 bits per heavy atom. The highest BCUT2D eigenvalue weighted by molar-refractivity contribution is 6.30. The number of amides is 1. The molecule has 12 heteroatoms. The topological polar surface area (TPSA) is 120 Å². The van der Waals surface area contributed by atoms with E-state index in [0.717, 1.165) is 0 Å². The van der Waals surface area contributed by atoms with Crippen LogP contribution < -0.4 is 11.3 Å². The molecule has 36 heavy (non-hydrogen) atoms. The van der Waals surface area contributed by atoms with Crippen molar-refractivity contribution in [1.82, 2.24) is 19.6 Å². The second kappa shape index (κ2) is 10.3. The largest absolute Gasteiger partial charge is 0.444 e. The molecule has 1 amide bonds. The lowest BCUT2D eigenvalue weighted by atomic mass is 9.94. The number of nitrogens with zero attached hydrogens (tertiary/aromatic N) is 3. The Bertz CT molecular complexity index is 1360. The maximum absolute atomic E-state index is 14.3. The first kappa shape index (κ1) is 25.6. The lowest BCUT2D eigenvalue weighted by Gasteiger charge is -2.30. The predicted molar refractivity (Wildman–Crippen MR) is 128 cm³/mol. The fraction of sp³-hybridized carbons (Fsp3) is 0.417. The smallest absolute Gasteiger partial charge is 0.439 e. The van der Waals surface area contributed by atoms with Crippen molar-refractivity contribution in [2.45, 2.75) is 39.0 Å². The van der Waals surface area contributed by atoms with E-state index in [2.05, 4.69) is 14.7 Å². The summed E-state index contributed by atoms with van der Waals surface area (Å²) in [6.45, 7) is 6.05.